The number of anilines is 1. The van der Waals surface area contributed by atoms with Crippen molar-refractivity contribution in [2.24, 2.45) is 0 Å². The van der Waals surface area contributed by atoms with Crippen molar-refractivity contribution < 1.29 is 22.7 Å². The van der Waals surface area contributed by atoms with Gasteiger partial charge in [0.25, 0.3) is 0 Å². The first-order valence-electron chi connectivity index (χ1n) is 6.72. The number of urea groups is 1. The molecule has 0 spiro atoms. The van der Waals surface area contributed by atoms with Gasteiger partial charge >= 0.3 is 12.2 Å². The Hall–Kier alpha value is -2.03. The fraction of sp³-hybridized carbons (Fsp3) is 0.538. The maximum Gasteiger partial charge on any atom is 0.401 e. The molecule has 9 heteroatoms. The van der Waals surface area contributed by atoms with E-state index in [0.29, 0.717) is 24.5 Å². The van der Waals surface area contributed by atoms with Crippen molar-refractivity contribution in [2.45, 2.75) is 18.6 Å². The summed E-state index contributed by atoms with van der Waals surface area (Å²) in [5, 5.41) is 5.23. The lowest BCUT2D eigenvalue weighted by Crippen LogP contribution is -2.41. The minimum Gasteiger partial charge on any atom is -0.481 e. The van der Waals surface area contributed by atoms with E-state index in [1.54, 1.807) is 12.1 Å². The van der Waals surface area contributed by atoms with Crippen LogP contribution < -0.4 is 15.4 Å². The second-order valence-electron chi connectivity index (χ2n) is 5.02. The third kappa shape index (κ3) is 5.06. The Kier molecular flexibility index (Phi) is 5.07. The highest BCUT2D eigenvalue weighted by Crippen LogP contribution is 2.20. The highest BCUT2D eigenvalue weighted by atomic mass is 19.4. The van der Waals surface area contributed by atoms with Gasteiger partial charge in [-0.2, -0.15) is 13.2 Å². The number of nitrogens with zero attached hydrogens (tertiary/aromatic N) is 2. The molecule has 0 aliphatic carbocycles. The summed E-state index contributed by atoms with van der Waals surface area (Å²) in [6.07, 6.45) is -2.29. The molecule has 2 heterocycles. The van der Waals surface area contributed by atoms with Crippen LogP contribution in [0.2, 0.25) is 0 Å². The largest absolute Gasteiger partial charge is 0.481 e. The molecule has 22 heavy (non-hydrogen) atoms. The van der Waals surface area contributed by atoms with Crippen molar-refractivity contribution in [3.8, 4) is 5.88 Å². The highest BCUT2D eigenvalue weighted by Gasteiger charge is 2.34. The lowest BCUT2D eigenvalue weighted by molar-refractivity contribution is -0.143. The molecule has 1 aliphatic heterocycles. The van der Waals surface area contributed by atoms with Crippen molar-refractivity contribution >= 4 is 11.7 Å². The first-order chi connectivity index (χ1) is 10.4. The van der Waals surface area contributed by atoms with Gasteiger partial charge in [0.15, 0.2) is 0 Å². The van der Waals surface area contributed by atoms with Crippen LogP contribution in [-0.4, -0.2) is 54.9 Å². The lowest BCUT2D eigenvalue weighted by Gasteiger charge is -2.18. The van der Waals surface area contributed by atoms with Crippen LogP contribution in [0.5, 0.6) is 5.88 Å². The van der Waals surface area contributed by atoms with Crippen LogP contribution in [0.4, 0.5) is 23.7 Å². The van der Waals surface area contributed by atoms with Crippen LogP contribution in [-0.2, 0) is 0 Å². The molecule has 122 valence electrons. The number of hydrogen-bond donors (Lipinski definition) is 2. The zero-order chi connectivity index (χ0) is 16.2. The van der Waals surface area contributed by atoms with Crippen molar-refractivity contribution in [3.63, 3.8) is 0 Å². The molecule has 1 saturated heterocycles. The Labute approximate surface area is 125 Å². The zero-order valence-corrected chi connectivity index (χ0v) is 12.0. The molecule has 1 fully saturated rings. The summed E-state index contributed by atoms with van der Waals surface area (Å²) < 4.78 is 41.8. The maximum absolute atomic E-state index is 12.3. The standard InChI is InChI=1S/C13H17F3N4O2/c1-22-11-3-2-9(6-17-11)18-12(21)19-10-4-5-20(7-10)8-13(14,15)16/h2-3,6,10H,4-5,7-8H2,1H3,(H2,18,19,21). The SMILES string of the molecule is COc1ccc(NC(=O)NC2CCN(CC(F)(F)F)C2)cn1. The second kappa shape index (κ2) is 6.82. The first kappa shape index (κ1) is 16.3. The van der Waals surface area contributed by atoms with Crippen molar-refractivity contribution in [1.29, 1.82) is 0 Å². The summed E-state index contributed by atoms with van der Waals surface area (Å²) in [4.78, 5) is 17.0. The number of methoxy groups -OCH3 is 1. The van der Waals surface area contributed by atoms with E-state index in [-0.39, 0.29) is 12.6 Å². The highest BCUT2D eigenvalue weighted by molar-refractivity contribution is 5.89. The number of hydrogen-bond acceptors (Lipinski definition) is 4. The van der Waals surface area contributed by atoms with Gasteiger partial charge in [-0.3, -0.25) is 4.90 Å². The summed E-state index contributed by atoms with van der Waals surface area (Å²) in [6, 6.07) is 2.45. The minimum atomic E-state index is -4.22. The number of amides is 2. The molecule has 0 radical (unpaired) electrons. The van der Waals surface area contributed by atoms with Crippen LogP contribution in [0.25, 0.3) is 0 Å². The summed E-state index contributed by atoms with van der Waals surface area (Å²) >= 11 is 0. The Morgan fingerprint density at radius 1 is 1.50 bits per heavy atom. The topological polar surface area (TPSA) is 66.5 Å². The molecular weight excluding hydrogens is 301 g/mol. The fourth-order valence-electron chi connectivity index (χ4n) is 2.28. The quantitative estimate of drug-likeness (QED) is 0.889. The number of carbonyl (C=O) groups is 1. The molecule has 1 aliphatic rings. The average Bonchev–Trinajstić information content (AvgIpc) is 2.84. The third-order valence-corrected chi connectivity index (χ3v) is 3.21. The Morgan fingerprint density at radius 3 is 2.86 bits per heavy atom. The van der Waals surface area contributed by atoms with Crippen molar-refractivity contribution in [1.82, 2.24) is 15.2 Å². The Balaban J connectivity index is 1.77. The fourth-order valence-corrected chi connectivity index (χ4v) is 2.28. The normalized spacial score (nSPS) is 19.0. The number of carbonyl (C=O) groups excluding carboxylic acids is 1. The van der Waals surface area contributed by atoms with E-state index >= 15 is 0 Å². The molecule has 2 amide bonds. The van der Waals surface area contributed by atoms with Crippen LogP contribution in [0.15, 0.2) is 18.3 Å². The molecule has 0 aromatic carbocycles. The molecule has 6 nitrogen and oxygen atoms in total. The van der Waals surface area contributed by atoms with E-state index in [1.165, 1.54) is 18.2 Å². The van der Waals surface area contributed by atoms with E-state index in [9.17, 15) is 18.0 Å². The Bertz CT molecular complexity index is 507. The summed E-state index contributed by atoms with van der Waals surface area (Å²) in [5.74, 6) is 0.421. The van der Waals surface area contributed by atoms with Gasteiger partial charge in [0.2, 0.25) is 5.88 Å². The number of nitrogens with one attached hydrogen (secondary N) is 2. The van der Waals surface area contributed by atoms with Gasteiger partial charge in [0.1, 0.15) is 0 Å². The number of likely N-dealkylation sites (tertiary alicyclic amines) is 1. The van der Waals surface area contributed by atoms with Crippen LogP contribution in [0.3, 0.4) is 0 Å². The van der Waals surface area contributed by atoms with Gasteiger partial charge in [-0.1, -0.05) is 0 Å². The van der Waals surface area contributed by atoms with Gasteiger partial charge in [-0.05, 0) is 12.5 Å². The number of ether oxygens (including phenoxy) is 1. The van der Waals surface area contributed by atoms with Gasteiger partial charge in [0, 0.05) is 25.2 Å². The smallest absolute Gasteiger partial charge is 0.401 e. The number of halogens is 3. The molecular formula is C13H17F3N4O2. The predicted molar refractivity (Wildman–Crippen MR) is 73.8 cm³/mol. The van der Waals surface area contributed by atoms with E-state index in [4.69, 9.17) is 4.74 Å². The number of rotatable bonds is 4. The summed E-state index contributed by atoms with van der Waals surface area (Å²) in [5.41, 5.74) is 0.475. The monoisotopic (exact) mass is 318 g/mol. The average molecular weight is 318 g/mol. The lowest BCUT2D eigenvalue weighted by atomic mass is 10.3. The predicted octanol–water partition coefficient (Wildman–Crippen LogP) is 1.85. The van der Waals surface area contributed by atoms with Gasteiger partial charge in [0.05, 0.1) is 25.5 Å². The van der Waals surface area contributed by atoms with E-state index in [0.717, 1.165) is 0 Å². The maximum atomic E-state index is 12.3. The van der Waals surface area contributed by atoms with Crippen LogP contribution in [0, 0.1) is 0 Å². The molecule has 2 rings (SSSR count). The van der Waals surface area contributed by atoms with Gasteiger partial charge < -0.3 is 15.4 Å². The van der Waals surface area contributed by atoms with Crippen LogP contribution >= 0.6 is 0 Å². The summed E-state index contributed by atoms with van der Waals surface area (Å²) in [6.45, 7) is -0.447. The molecule has 0 bridgehead atoms. The van der Waals surface area contributed by atoms with Crippen molar-refractivity contribution in [2.75, 3.05) is 32.1 Å². The third-order valence-electron chi connectivity index (χ3n) is 3.21. The first-order valence-corrected chi connectivity index (χ1v) is 6.72. The van der Waals surface area contributed by atoms with Gasteiger partial charge in [-0.15, -0.1) is 0 Å². The van der Waals surface area contributed by atoms with Crippen molar-refractivity contribution in [3.05, 3.63) is 18.3 Å². The number of alkyl halides is 3. The molecule has 2 N–H and O–H groups in total. The van der Waals surface area contributed by atoms with E-state index < -0.39 is 18.8 Å². The molecule has 1 unspecified atom stereocenters. The Morgan fingerprint density at radius 2 is 2.27 bits per heavy atom. The van der Waals surface area contributed by atoms with E-state index in [1.807, 2.05) is 0 Å². The van der Waals surface area contributed by atoms with Gasteiger partial charge in [-0.25, -0.2) is 9.78 Å². The second-order valence-corrected chi connectivity index (χ2v) is 5.02. The number of aromatic nitrogens is 1. The minimum absolute atomic E-state index is 0.188. The molecule has 1 aromatic rings. The summed E-state index contributed by atoms with van der Waals surface area (Å²) in [7, 11) is 1.48. The zero-order valence-electron chi connectivity index (χ0n) is 12.0. The van der Waals surface area contributed by atoms with E-state index in [2.05, 4.69) is 15.6 Å². The van der Waals surface area contributed by atoms with Crippen LogP contribution in [0.1, 0.15) is 6.42 Å². The number of pyridine rings is 1. The molecule has 1 atom stereocenters. The molecule has 0 saturated carbocycles. The molecule has 1 aromatic heterocycles.